The van der Waals surface area contributed by atoms with Crippen LogP contribution in [0.3, 0.4) is 0 Å². The van der Waals surface area contributed by atoms with Crippen LogP contribution in [0.15, 0.2) is 50.8 Å². The van der Waals surface area contributed by atoms with E-state index in [0.717, 1.165) is 23.5 Å². The summed E-state index contributed by atoms with van der Waals surface area (Å²) in [4.78, 5) is 26.6. The number of amides is 1. The van der Waals surface area contributed by atoms with E-state index in [-0.39, 0.29) is 5.91 Å². The molecule has 33 heavy (non-hydrogen) atoms. The van der Waals surface area contributed by atoms with Crippen molar-refractivity contribution in [2.45, 2.75) is 19.4 Å². The van der Waals surface area contributed by atoms with Gasteiger partial charge in [0.25, 0.3) is 0 Å². The van der Waals surface area contributed by atoms with Gasteiger partial charge in [0.2, 0.25) is 29.3 Å². The summed E-state index contributed by atoms with van der Waals surface area (Å²) in [5, 5.41) is 10.7. The molecule has 1 saturated heterocycles. The molecule has 1 fully saturated rings. The molecular formula is C22H21ClN6O3S. The summed E-state index contributed by atoms with van der Waals surface area (Å²) in [7, 11) is 0. The lowest BCUT2D eigenvalue weighted by molar-refractivity contribution is -0.133. The van der Waals surface area contributed by atoms with Crippen LogP contribution >= 0.6 is 22.9 Å². The van der Waals surface area contributed by atoms with E-state index in [1.54, 1.807) is 23.5 Å². The van der Waals surface area contributed by atoms with Crippen molar-refractivity contribution in [3.8, 4) is 22.1 Å². The summed E-state index contributed by atoms with van der Waals surface area (Å²) in [6.07, 6.45) is 0.739. The van der Waals surface area contributed by atoms with E-state index in [4.69, 9.17) is 20.6 Å². The molecule has 4 heterocycles. The molecule has 0 unspecified atom stereocenters. The number of carbonyl (C=O) groups excluding carboxylic acids is 1. The molecule has 0 spiro atoms. The van der Waals surface area contributed by atoms with E-state index in [9.17, 15) is 4.79 Å². The average Bonchev–Trinajstić information content (AvgIpc) is 3.60. The van der Waals surface area contributed by atoms with Gasteiger partial charge in [-0.1, -0.05) is 28.0 Å². The maximum Gasteiger partial charge on any atom is 0.241 e. The second-order valence-electron chi connectivity index (χ2n) is 7.66. The Labute approximate surface area is 199 Å². The fraction of sp³-hybridized carbons (Fsp3) is 0.318. The minimum absolute atomic E-state index is 0.0821. The zero-order valence-corrected chi connectivity index (χ0v) is 19.3. The van der Waals surface area contributed by atoms with Gasteiger partial charge in [0.15, 0.2) is 0 Å². The molecule has 0 radical (unpaired) electrons. The first-order chi connectivity index (χ1) is 16.1. The third kappa shape index (κ3) is 5.29. The third-order valence-corrected chi connectivity index (χ3v) is 6.53. The van der Waals surface area contributed by atoms with Crippen molar-refractivity contribution in [1.82, 2.24) is 30.1 Å². The van der Waals surface area contributed by atoms with Gasteiger partial charge in [0, 0.05) is 49.6 Å². The summed E-state index contributed by atoms with van der Waals surface area (Å²) in [5.41, 5.74) is 0.820. The number of hydrogen-bond donors (Lipinski definition) is 0. The lowest BCUT2D eigenvalue weighted by Gasteiger charge is -2.33. The summed E-state index contributed by atoms with van der Waals surface area (Å²) in [6.45, 7) is 3.40. The predicted octanol–water partition coefficient (Wildman–Crippen LogP) is 3.78. The lowest BCUT2D eigenvalue weighted by atomic mass is 10.2. The number of aromatic nitrogens is 4. The Morgan fingerprint density at radius 2 is 1.70 bits per heavy atom. The van der Waals surface area contributed by atoms with Gasteiger partial charge in [-0.2, -0.15) is 9.97 Å². The molecule has 1 amide bonds. The highest BCUT2D eigenvalue weighted by molar-refractivity contribution is 7.13. The SMILES string of the molecule is O=C(CCc1nc(-c2ccc(Cl)cc2)no1)N1CCN(Cc2nc(-c3cccs3)no2)CC1. The molecule has 3 aromatic heterocycles. The molecule has 0 atom stereocenters. The minimum atomic E-state index is 0.0821. The van der Waals surface area contributed by atoms with Gasteiger partial charge < -0.3 is 13.9 Å². The van der Waals surface area contributed by atoms with Gasteiger partial charge in [-0.15, -0.1) is 11.3 Å². The number of aryl methyl sites for hydroxylation is 1. The maximum atomic E-state index is 12.6. The number of benzene rings is 1. The largest absolute Gasteiger partial charge is 0.340 e. The Balaban J connectivity index is 1.08. The van der Waals surface area contributed by atoms with Crippen molar-refractivity contribution in [3.05, 3.63) is 58.6 Å². The Kier molecular flexibility index (Phi) is 6.47. The van der Waals surface area contributed by atoms with Gasteiger partial charge in [0.1, 0.15) is 0 Å². The Bertz CT molecular complexity index is 1200. The second kappa shape index (κ2) is 9.82. The Hall–Kier alpha value is -3.08. The lowest BCUT2D eigenvalue weighted by Crippen LogP contribution is -2.48. The molecule has 0 bridgehead atoms. The molecule has 0 aliphatic carbocycles. The van der Waals surface area contributed by atoms with Gasteiger partial charge >= 0.3 is 0 Å². The molecule has 170 valence electrons. The van der Waals surface area contributed by atoms with Crippen molar-refractivity contribution in [2.75, 3.05) is 26.2 Å². The normalized spacial score (nSPS) is 14.6. The quantitative estimate of drug-likeness (QED) is 0.390. The first kappa shape index (κ1) is 21.7. The highest BCUT2D eigenvalue weighted by Crippen LogP contribution is 2.22. The predicted molar refractivity (Wildman–Crippen MR) is 123 cm³/mol. The number of rotatable bonds is 7. The van der Waals surface area contributed by atoms with Crippen LogP contribution in [0.1, 0.15) is 18.2 Å². The third-order valence-electron chi connectivity index (χ3n) is 5.42. The van der Waals surface area contributed by atoms with Gasteiger partial charge in [-0.05, 0) is 35.7 Å². The summed E-state index contributed by atoms with van der Waals surface area (Å²) in [5.74, 6) is 2.23. The molecule has 1 aliphatic rings. The summed E-state index contributed by atoms with van der Waals surface area (Å²) < 4.78 is 10.7. The number of hydrogen-bond acceptors (Lipinski definition) is 9. The Morgan fingerprint density at radius 3 is 2.45 bits per heavy atom. The van der Waals surface area contributed by atoms with E-state index >= 15 is 0 Å². The van der Waals surface area contributed by atoms with E-state index < -0.39 is 0 Å². The molecule has 1 aromatic carbocycles. The van der Waals surface area contributed by atoms with Crippen LogP contribution in [0.25, 0.3) is 22.1 Å². The van der Waals surface area contributed by atoms with Gasteiger partial charge in [-0.3, -0.25) is 9.69 Å². The van der Waals surface area contributed by atoms with Gasteiger partial charge in [0.05, 0.1) is 11.4 Å². The van der Waals surface area contributed by atoms with Crippen LogP contribution in [-0.4, -0.2) is 62.2 Å². The molecule has 0 saturated carbocycles. The van der Waals surface area contributed by atoms with E-state index in [2.05, 4.69) is 25.2 Å². The molecule has 11 heteroatoms. The van der Waals surface area contributed by atoms with E-state index in [1.807, 2.05) is 34.5 Å². The average molecular weight is 485 g/mol. The first-order valence-electron chi connectivity index (χ1n) is 10.6. The molecule has 4 aromatic rings. The van der Waals surface area contributed by atoms with Crippen LogP contribution < -0.4 is 0 Å². The molecule has 5 rings (SSSR count). The van der Waals surface area contributed by atoms with Crippen LogP contribution in [0.5, 0.6) is 0 Å². The first-order valence-corrected chi connectivity index (χ1v) is 11.8. The monoisotopic (exact) mass is 484 g/mol. The zero-order chi connectivity index (χ0) is 22.6. The molecule has 1 aliphatic heterocycles. The van der Waals surface area contributed by atoms with Crippen LogP contribution in [-0.2, 0) is 17.8 Å². The van der Waals surface area contributed by atoms with Crippen LogP contribution in [0.4, 0.5) is 0 Å². The highest BCUT2D eigenvalue weighted by atomic mass is 35.5. The maximum absolute atomic E-state index is 12.6. The number of carbonyl (C=O) groups is 1. The summed E-state index contributed by atoms with van der Waals surface area (Å²) in [6, 6.07) is 11.1. The molecular weight excluding hydrogens is 464 g/mol. The minimum Gasteiger partial charge on any atom is -0.340 e. The smallest absolute Gasteiger partial charge is 0.241 e. The topological polar surface area (TPSA) is 101 Å². The van der Waals surface area contributed by atoms with E-state index in [0.29, 0.717) is 60.9 Å². The standard InChI is InChI=1S/C22H21ClN6O3S/c23-16-5-3-15(4-6-16)21-24-18(31-26-21)7-8-20(30)29-11-9-28(10-12-29)14-19-25-22(27-32-19)17-2-1-13-33-17/h1-6,13H,7-12,14H2. The zero-order valence-electron chi connectivity index (χ0n) is 17.7. The fourth-order valence-electron chi connectivity index (χ4n) is 3.62. The van der Waals surface area contributed by atoms with Crippen molar-refractivity contribution in [1.29, 1.82) is 0 Å². The molecule has 9 nitrogen and oxygen atoms in total. The number of thiophene rings is 1. The summed E-state index contributed by atoms with van der Waals surface area (Å²) >= 11 is 7.49. The second-order valence-corrected chi connectivity index (χ2v) is 9.05. The molecule has 0 N–H and O–H groups in total. The van der Waals surface area contributed by atoms with E-state index in [1.165, 1.54) is 0 Å². The Morgan fingerprint density at radius 1 is 0.970 bits per heavy atom. The van der Waals surface area contributed by atoms with Crippen molar-refractivity contribution < 1.29 is 13.8 Å². The van der Waals surface area contributed by atoms with Gasteiger partial charge in [-0.25, -0.2) is 0 Å². The fourth-order valence-corrected chi connectivity index (χ4v) is 4.39. The van der Waals surface area contributed by atoms with Crippen LogP contribution in [0.2, 0.25) is 5.02 Å². The highest BCUT2D eigenvalue weighted by Gasteiger charge is 2.23. The number of nitrogens with zero attached hydrogens (tertiary/aromatic N) is 6. The van der Waals surface area contributed by atoms with Crippen molar-refractivity contribution >= 4 is 28.8 Å². The van der Waals surface area contributed by atoms with Crippen molar-refractivity contribution in [2.24, 2.45) is 0 Å². The van der Waals surface area contributed by atoms with Crippen LogP contribution in [0, 0.1) is 0 Å². The number of halogens is 1. The van der Waals surface area contributed by atoms with Crippen molar-refractivity contribution in [3.63, 3.8) is 0 Å². The number of piperazine rings is 1.